The number of ketones is 1. The molecule has 0 aromatic carbocycles. The second-order valence-corrected chi connectivity index (χ2v) is 8.82. The molecule has 18 heavy (non-hydrogen) atoms. The molecule has 0 spiro atoms. The predicted molar refractivity (Wildman–Crippen MR) is 77.6 cm³/mol. The number of carbonyl (C=O) groups excluding carboxylic acids is 1. The molecule has 108 valence electrons. The van der Waals surface area contributed by atoms with Crippen molar-refractivity contribution >= 4 is 5.78 Å². The molecular formula is C16H32O2. The van der Waals surface area contributed by atoms with E-state index in [2.05, 4.69) is 20.8 Å². The second-order valence-electron chi connectivity index (χ2n) is 8.82. The van der Waals surface area contributed by atoms with Gasteiger partial charge in [-0.05, 0) is 32.1 Å². The molecular weight excluding hydrogens is 224 g/mol. The first-order chi connectivity index (χ1) is 7.57. The number of hydrogen-bond donors (Lipinski definition) is 1. The largest absolute Gasteiger partial charge is 0.390 e. The van der Waals surface area contributed by atoms with E-state index >= 15 is 0 Å². The van der Waals surface area contributed by atoms with Crippen LogP contribution < -0.4 is 0 Å². The molecule has 0 aromatic heterocycles. The van der Waals surface area contributed by atoms with E-state index in [1.165, 1.54) is 0 Å². The maximum absolute atomic E-state index is 12.7. The highest BCUT2D eigenvalue weighted by Crippen LogP contribution is 2.41. The highest BCUT2D eigenvalue weighted by Gasteiger charge is 2.42. The molecule has 0 bridgehead atoms. The van der Waals surface area contributed by atoms with Crippen molar-refractivity contribution in [1.82, 2.24) is 0 Å². The zero-order valence-corrected chi connectivity index (χ0v) is 13.8. The maximum Gasteiger partial charge on any atom is 0.144 e. The van der Waals surface area contributed by atoms with Crippen LogP contribution in [0.4, 0.5) is 0 Å². The van der Waals surface area contributed by atoms with Crippen LogP contribution in [0.15, 0.2) is 0 Å². The summed E-state index contributed by atoms with van der Waals surface area (Å²) >= 11 is 0. The summed E-state index contributed by atoms with van der Waals surface area (Å²) in [5.41, 5.74) is -1.53. The number of Topliss-reactive ketones (excluding diaryl/α,β-unsaturated/α-hetero) is 1. The van der Waals surface area contributed by atoms with E-state index in [1.807, 2.05) is 27.7 Å². The molecule has 0 saturated carbocycles. The van der Waals surface area contributed by atoms with Gasteiger partial charge in [-0.15, -0.1) is 0 Å². The van der Waals surface area contributed by atoms with E-state index in [9.17, 15) is 9.90 Å². The van der Waals surface area contributed by atoms with Gasteiger partial charge in [0, 0.05) is 10.8 Å². The van der Waals surface area contributed by atoms with Crippen LogP contribution in [0.25, 0.3) is 0 Å². The van der Waals surface area contributed by atoms with Gasteiger partial charge in [0.25, 0.3) is 0 Å². The molecule has 1 N–H and O–H groups in total. The van der Waals surface area contributed by atoms with Crippen molar-refractivity contribution in [2.24, 2.45) is 16.2 Å². The first-order valence-corrected chi connectivity index (χ1v) is 6.84. The maximum atomic E-state index is 12.7. The number of carbonyl (C=O) groups is 1. The van der Waals surface area contributed by atoms with Crippen LogP contribution >= 0.6 is 0 Å². The molecule has 0 amide bonds. The Kier molecular flexibility index (Phi) is 4.85. The Morgan fingerprint density at radius 1 is 0.778 bits per heavy atom. The summed E-state index contributed by atoms with van der Waals surface area (Å²) in [4.78, 5) is 12.7. The molecule has 0 aromatic rings. The third-order valence-corrected chi connectivity index (χ3v) is 3.08. The van der Waals surface area contributed by atoms with Crippen LogP contribution in [0, 0.1) is 16.2 Å². The summed E-state index contributed by atoms with van der Waals surface area (Å²) in [6.07, 6.45) is 1.35. The van der Waals surface area contributed by atoms with E-state index in [4.69, 9.17) is 0 Å². The van der Waals surface area contributed by atoms with E-state index in [1.54, 1.807) is 13.8 Å². The molecule has 2 nitrogen and oxygen atoms in total. The highest BCUT2D eigenvalue weighted by atomic mass is 16.3. The van der Waals surface area contributed by atoms with Crippen molar-refractivity contribution < 1.29 is 9.90 Å². The molecule has 0 aliphatic rings. The third-order valence-electron chi connectivity index (χ3n) is 3.08. The van der Waals surface area contributed by atoms with Crippen LogP contribution in [0.2, 0.25) is 0 Å². The lowest BCUT2D eigenvalue weighted by molar-refractivity contribution is -0.140. The van der Waals surface area contributed by atoms with E-state index in [0.717, 1.165) is 6.42 Å². The smallest absolute Gasteiger partial charge is 0.144 e. The first-order valence-electron chi connectivity index (χ1n) is 6.84. The van der Waals surface area contributed by atoms with Gasteiger partial charge in [0.05, 0.1) is 5.60 Å². The summed E-state index contributed by atoms with van der Waals surface area (Å²) in [6, 6.07) is 0. The third kappa shape index (κ3) is 5.99. The fourth-order valence-electron chi connectivity index (χ4n) is 3.48. The lowest BCUT2D eigenvalue weighted by Gasteiger charge is -2.39. The van der Waals surface area contributed by atoms with Crippen molar-refractivity contribution in [3.05, 3.63) is 0 Å². The Bertz CT molecular complexity index is 268. The van der Waals surface area contributed by atoms with Crippen molar-refractivity contribution in [3.8, 4) is 0 Å². The van der Waals surface area contributed by atoms with E-state index in [-0.39, 0.29) is 16.6 Å². The van der Waals surface area contributed by atoms with Gasteiger partial charge in [-0.25, -0.2) is 0 Å². The monoisotopic (exact) mass is 256 g/mol. The van der Waals surface area contributed by atoms with Gasteiger partial charge >= 0.3 is 0 Å². The van der Waals surface area contributed by atoms with Crippen molar-refractivity contribution in [2.75, 3.05) is 0 Å². The van der Waals surface area contributed by atoms with Crippen LogP contribution in [-0.4, -0.2) is 16.5 Å². The lowest BCUT2D eigenvalue weighted by atomic mass is 9.65. The van der Waals surface area contributed by atoms with Crippen molar-refractivity contribution in [3.63, 3.8) is 0 Å². The van der Waals surface area contributed by atoms with Gasteiger partial charge in [-0.2, -0.15) is 0 Å². The molecule has 2 heteroatoms. The minimum Gasteiger partial charge on any atom is -0.390 e. The van der Waals surface area contributed by atoms with Crippen LogP contribution in [0.3, 0.4) is 0 Å². The number of aliphatic hydroxyl groups is 1. The van der Waals surface area contributed by atoms with Gasteiger partial charge in [0.2, 0.25) is 0 Å². The Morgan fingerprint density at radius 2 is 1.11 bits per heavy atom. The Labute approximate surface area is 113 Å². The molecule has 0 heterocycles. The van der Waals surface area contributed by atoms with Crippen molar-refractivity contribution in [1.29, 1.82) is 0 Å². The lowest BCUT2D eigenvalue weighted by Crippen LogP contribution is -2.42. The zero-order valence-electron chi connectivity index (χ0n) is 13.8. The van der Waals surface area contributed by atoms with Crippen LogP contribution in [-0.2, 0) is 4.79 Å². The summed E-state index contributed by atoms with van der Waals surface area (Å²) in [6.45, 7) is 17.9. The SMILES string of the molecule is CC(C)(C)CC(C)(C)C(=O)C(C)(C)CC(C)(C)O. The molecule has 0 saturated heterocycles. The zero-order chi connectivity index (χ0) is 15.0. The molecule has 0 radical (unpaired) electrons. The second kappa shape index (κ2) is 4.96. The fraction of sp³-hybridized carbons (Fsp3) is 0.938. The minimum atomic E-state index is -0.809. The normalized spacial score (nSPS) is 14.8. The van der Waals surface area contributed by atoms with Gasteiger partial charge < -0.3 is 5.11 Å². The highest BCUT2D eigenvalue weighted by molar-refractivity contribution is 5.89. The number of rotatable bonds is 5. The summed E-state index contributed by atoms with van der Waals surface area (Å²) in [5, 5.41) is 9.95. The van der Waals surface area contributed by atoms with E-state index < -0.39 is 11.0 Å². The molecule has 0 fully saturated rings. The molecule has 0 aliphatic heterocycles. The predicted octanol–water partition coefficient (Wildman–Crippen LogP) is 4.21. The number of hydrogen-bond acceptors (Lipinski definition) is 2. The van der Waals surface area contributed by atoms with E-state index in [0.29, 0.717) is 6.42 Å². The van der Waals surface area contributed by atoms with Gasteiger partial charge in [0.1, 0.15) is 5.78 Å². The molecule has 0 aliphatic carbocycles. The Morgan fingerprint density at radius 3 is 1.39 bits per heavy atom. The van der Waals surface area contributed by atoms with Crippen LogP contribution in [0.1, 0.15) is 75.2 Å². The Balaban J connectivity index is 5.02. The Hall–Kier alpha value is -0.370. The standard InChI is InChI=1S/C16H32O2/c1-13(2,3)10-14(4,5)12(17)15(6,7)11-16(8,9)18/h18H,10-11H2,1-9H3. The summed E-state index contributed by atoms with van der Waals surface area (Å²) < 4.78 is 0. The first kappa shape index (κ1) is 17.6. The fourth-order valence-corrected chi connectivity index (χ4v) is 3.48. The quantitative estimate of drug-likeness (QED) is 0.800. The molecule has 0 unspecified atom stereocenters. The van der Waals surface area contributed by atoms with Crippen LogP contribution in [0.5, 0.6) is 0 Å². The van der Waals surface area contributed by atoms with Gasteiger partial charge in [-0.3, -0.25) is 4.79 Å². The topological polar surface area (TPSA) is 37.3 Å². The average Bonchev–Trinajstić information content (AvgIpc) is 1.92. The molecule has 0 atom stereocenters. The molecule has 0 rings (SSSR count). The van der Waals surface area contributed by atoms with Gasteiger partial charge in [-0.1, -0.05) is 48.5 Å². The van der Waals surface area contributed by atoms with Gasteiger partial charge in [0.15, 0.2) is 0 Å². The minimum absolute atomic E-state index is 0.129. The summed E-state index contributed by atoms with van der Waals surface area (Å²) in [7, 11) is 0. The van der Waals surface area contributed by atoms with Crippen molar-refractivity contribution in [2.45, 2.75) is 80.8 Å². The average molecular weight is 256 g/mol. The summed E-state index contributed by atoms with van der Waals surface area (Å²) in [5.74, 6) is 0.243.